The molecule has 0 radical (unpaired) electrons. The molecule has 0 aliphatic heterocycles. The molecule has 0 saturated carbocycles. The number of ether oxygens (including phenoxy) is 2. The number of carbonyl (C=O) groups excluding carboxylic acids is 2. The van der Waals surface area contributed by atoms with E-state index in [4.69, 9.17) is 21.1 Å². The van der Waals surface area contributed by atoms with Crippen molar-refractivity contribution in [2.75, 3.05) is 13.2 Å². The first-order valence-corrected chi connectivity index (χ1v) is 9.71. The highest BCUT2D eigenvalue weighted by molar-refractivity contribution is 9.10. The molecule has 28 heavy (non-hydrogen) atoms. The first kappa shape index (κ1) is 22.0. The third-order valence-corrected chi connectivity index (χ3v) is 4.54. The number of halogens is 2. The summed E-state index contributed by atoms with van der Waals surface area (Å²) in [6.45, 7) is 5.87. The normalized spacial score (nSPS) is 10.9. The van der Waals surface area contributed by atoms with Gasteiger partial charge < -0.3 is 9.47 Å². The second-order valence-electron chi connectivity index (χ2n) is 7.02. The van der Waals surface area contributed by atoms with Crippen LogP contribution in [0.15, 0.2) is 46.9 Å². The molecular formula is C20H22BrClN2O4. The van der Waals surface area contributed by atoms with Gasteiger partial charge in [-0.05, 0) is 57.2 Å². The summed E-state index contributed by atoms with van der Waals surface area (Å²) >= 11 is 9.13. The molecule has 0 unspecified atom stereocenters. The van der Waals surface area contributed by atoms with Crippen molar-refractivity contribution >= 4 is 39.3 Å². The van der Waals surface area contributed by atoms with E-state index in [1.807, 2.05) is 24.3 Å². The number of carbonyl (C=O) groups is 2. The van der Waals surface area contributed by atoms with E-state index >= 15 is 0 Å². The molecule has 0 saturated heterocycles. The van der Waals surface area contributed by atoms with Crippen molar-refractivity contribution in [2.45, 2.75) is 26.2 Å². The molecule has 2 rings (SSSR count). The molecule has 150 valence electrons. The van der Waals surface area contributed by atoms with Crippen LogP contribution in [0.1, 0.15) is 26.3 Å². The Kier molecular flexibility index (Phi) is 7.71. The van der Waals surface area contributed by atoms with Crippen LogP contribution in [-0.4, -0.2) is 25.0 Å². The van der Waals surface area contributed by atoms with Gasteiger partial charge in [-0.15, -0.1) is 0 Å². The van der Waals surface area contributed by atoms with Crippen LogP contribution in [-0.2, 0) is 15.0 Å². The molecule has 0 fully saturated rings. The fraction of sp³-hybridized carbons (Fsp3) is 0.300. The van der Waals surface area contributed by atoms with Gasteiger partial charge in [0, 0.05) is 5.02 Å². The van der Waals surface area contributed by atoms with Crippen molar-refractivity contribution in [3.8, 4) is 11.5 Å². The molecule has 0 aliphatic carbocycles. The van der Waals surface area contributed by atoms with Gasteiger partial charge in [0.1, 0.15) is 11.5 Å². The zero-order chi connectivity index (χ0) is 20.7. The Morgan fingerprint density at radius 1 is 0.964 bits per heavy atom. The largest absolute Gasteiger partial charge is 0.484 e. The molecule has 2 N–H and O–H groups in total. The molecular weight excluding hydrogens is 448 g/mol. The minimum Gasteiger partial charge on any atom is -0.484 e. The van der Waals surface area contributed by atoms with Crippen LogP contribution in [0.5, 0.6) is 11.5 Å². The van der Waals surface area contributed by atoms with E-state index in [-0.39, 0.29) is 18.6 Å². The number of benzene rings is 2. The Balaban J connectivity index is 1.71. The molecule has 2 amide bonds. The minimum absolute atomic E-state index is 0.0455. The van der Waals surface area contributed by atoms with Crippen LogP contribution < -0.4 is 20.3 Å². The van der Waals surface area contributed by atoms with E-state index in [2.05, 4.69) is 47.6 Å². The topological polar surface area (TPSA) is 76.7 Å². The molecule has 0 spiro atoms. The summed E-state index contributed by atoms with van der Waals surface area (Å²) < 4.78 is 11.4. The van der Waals surface area contributed by atoms with Gasteiger partial charge in [0.05, 0.1) is 4.47 Å². The lowest BCUT2D eigenvalue weighted by Crippen LogP contribution is -2.45. The van der Waals surface area contributed by atoms with Gasteiger partial charge in [0.2, 0.25) is 0 Å². The van der Waals surface area contributed by atoms with Crippen LogP contribution in [0, 0.1) is 0 Å². The minimum atomic E-state index is -0.510. The highest BCUT2D eigenvalue weighted by Gasteiger charge is 2.13. The Morgan fingerprint density at radius 3 is 2.07 bits per heavy atom. The second-order valence-corrected chi connectivity index (χ2v) is 8.31. The lowest BCUT2D eigenvalue weighted by atomic mass is 9.87. The Labute approximate surface area is 177 Å². The SMILES string of the molecule is CC(C)(C)c1ccc(OCC(=O)NNC(=O)COc2ccc(Cl)cc2Br)cc1. The van der Waals surface area contributed by atoms with Crippen molar-refractivity contribution in [3.05, 3.63) is 57.5 Å². The average Bonchev–Trinajstić information content (AvgIpc) is 2.63. The summed E-state index contributed by atoms with van der Waals surface area (Å²) in [6, 6.07) is 12.5. The number of hydrogen-bond acceptors (Lipinski definition) is 4. The Hall–Kier alpha value is -2.25. The van der Waals surface area contributed by atoms with Gasteiger partial charge in [-0.3, -0.25) is 20.4 Å². The molecule has 2 aromatic rings. The third kappa shape index (κ3) is 7.05. The van der Waals surface area contributed by atoms with Gasteiger partial charge in [-0.2, -0.15) is 0 Å². The molecule has 8 heteroatoms. The maximum absolute atomic E-state index is 11.8. The van der Waals surface area contributed by atoms with E-state index < -0.39 is 11.8 Å². The highest BCUT2D eigenvalue weighted by Crippen LogP contribution is 2.27. The smallest absolute Gasteiger partial charge is 0.276 e. The van der Waals surface area contributed by atoms with E-state index in [1.54, 1.807) is 18.2 Å². The molecule has 0 bridgehead atoms. The van der Waals surface area contributed by atoms with Crippen LogP contribution in [0.4, 0.5) is 0 Å². The number of hydrogen-bond donors (Lipinski definition) is 2. The van der Waals surface area contributed by atoms with Crippen molar-refractivity contribution in [3.63, 3.8) is 0 Å². The van der Waals surface area contributed by atoms with Gasteiger partial charge in [0.25, 0.3) is 11.8 Å². The zero-order valence-electron chi connectivity index (χ0n) is 15.8. The summed E-state index contributed by atoms with van der Waals surface area (Å²) in [5.74, 6) is 0.0453. The van der Waals surface area contributed by atoms with Crippen molar-refractivity contribution in [1.82, 2.24) is 10.9 Å². The van der Waals surface area contributed by atoms with E-state index in [1.165, 1.54) is 5.56 Å². The van der Waals surface area contributed by atoms with Crippen LogP contribution in [0.2, 0.25) is 5.02 Å². The fourth-order valence-electron chi connectivity index (χ4n) is 2.15. The van der Waals surface area contributed by atoms with Crippen molar-refractivity contribution < 1.29 is 19.1 Å². The molecule has 6 nitrogen and oxygen atoms in total. The van der Waals surface area contributed by atoms with E-state index in [9.17, 15) is 9.59 Å². The summed E-state index contributed by atoms with van der Waals surface area (Å²) in [4.78, 5) is 23.6. The summed E-state index contributed by atoms with van der Waals surface area (Å²) in [5.41, 5.74) is 5.75. The number of rotatable bonds is 6. The molecule has 0 aliphatic rings. The highest BCUT2D eigenvalue weighted by atomic mass is 79.9. The number of hydrazine groups is 1. The van der Waals surface area contributed by atoms with Gasteiger partial charge in [0.15, 0.2) is 13.2 Å². The van der Waals surface area contributed by atoms with Crippen LogP contribution in [0.25, 0.3) is 0 Å². The van der Waals surface area contributed by atoms with Crippen LogP contribution in [0.3, 0.4) is 0 Å². The van der Waals surface area contributed by atoms with Gasteiger partial charge in [-0.25, -0.2) is 0 Å². The molecule has 2 aromatic carbocycles. The maximum Gasteiger partial charge on any atom is 0.276 e. The second kappa shape index (κ2) is 9.80. The predicted octanol–water partition coefficient (Wildman–Crippen LogP) is 4.01. The lowest BCUT2D eigenvalue weighted by molar-refractivity contribution is -0.131. The van der Waals surface area contributed by atoms with Crippen molar-refractivity contribution in [2.24, 2.45) is 0 Å². The first-order chi connectivity index (χ1) is 13.1. The summed E-state index contributed by atoms with van der Waals surface area (Å²) in [6.07, 6.45) is 0. The van der Waals surface area contributed by atoms with Gasteiger partial charge >= 0.3 is 0 Å². The number of amides is 2. The monoisotopic (exact) mass is 468 g/mol. The lowest BCUT2D eigenvalue weighted by Gasteiger charge is -2.19. The standard InChI is InChI=1S/C20H22BrClN2O4/c1-20(2,3)13-4-7-15(8-5-13)27-11-18(25)23-24-19(26)12-28-17-9-6-14(22)10-16(17)21/h4-10H,11-12H2,1-3H3,(H,23,25)(H,24,26). The maximum atomic E-state index is 11.8. The summed E-state index contributed by atoms with van der Waals surface area (Å²) in [5, 5.41) is 0.545. The van der Waals surface area contributed by atoms with Crippen molar-refractivity contribution in [1.29, 1.82) is 0 Å². The van der Waals surface area contributed by atoms with Gasteiger partial charge in [-0.1, -0.05) is 44.5 Å². The quantitative estimate of drug-likeness (QED) is 0.627. The van der Waals surface area contributed by atoms with E-state index in [0.717, 1.165) is 0 Å². The van der Waals surface area contributed by atoms with E-state index in [0.29, 0.717) is 21.0 Å². The fourth-order valence-corrected chi connectivity index (χ4v) is 2.94. The Morgan fingerprint density at radius 2 is 1.54 bits per heavy atom. The first-order valence-electron chi connectivity index (χ1n) is 8.54. The Bertz CT molecular complexity index is 835. The molecule has 0 heterocycles. The number of nitrogens with one attached hydrogen (secondary N) is 2. The predicted molar refractivity (Wildman–Crippen MR) is 112 cm³/mol. The summed E-state index contributed by atoms with van der Waals surface area (Å²) in [7, 11) is 0. The third-order valence-electron chi connectivity index (χ3n) is 3.68. The molecule has 0 atom stereocenters. The van der Waals surface area contributed by atoms with Crippen LogP contribution >= 0.6 is 27.5 Å². The average molecular weight is 470 g/mol. The zero-order valence-corrected chi connectivity index (χ0v) is 18.2. The molecule has 0 aromatic heterocycles.